The van der Waals surface area contributed by atoms with E-state index in [1.54, 1.807) is 24.4 Å². The number of aliphatic imine (C=N–C) groups is 1. The fourth-order valence-corrected chi connectivity index (χ4v) is 4.72. The van der Waals surface area contributed by atoms with Crippen LogP contribution in [0.2, 0.25) is 0 Å². The molecular formula is C26H20F3N5O2S. The van der Waals surface area contributed by atoms with E-state index in [1.165, 1.54) is 30.8 Å². The molecule has 2 aromatic carbocycles. The number of rotatable bonds is 6. The van der Waals surface area contributed by atoms with Crippen molar-refractivity contribution in [3.63, 3.8) is 0 Å². The van der Waals surface area contributed by atoms with E-state index in [1.807, 2.05) is 0 Å². The molecule has 0 aliphatic heterocycles. The molecule has 0 saturated heterocycles. The zero-order valence-electron chi connectivity index (χ0n) is 19.7. The number of halogens is 3. The van der Waals surface area contributed by atoms with Crippen LogP contribution in [0.15, 0.2) is 59.7 Å². The second-order valence-electron chi connectivity index (χ2n) is 7.94. The van der Waals surface area contributed by atoms with Gasteiger partial charge in [0.1, 0.15) is 17.9 Å². The average Bonchev–Trinajstić information content (AvgIpc) is 3.31. The highest BCUT2D eigenvalue weighted by Crippen LogP contribution is 2.32. The zero-order valence-corrected chi connectivity index (χ0v) is 20.5. The number of amides is 1. The molecule has 4 rings (SSSR count). The highest BCUT2D eigenvalue weighted by Gasteiger charge is 2.30. The maximum Gasteiger partial charge on any atom is 0.416 e. The number of hydrogen-bond donors (Lipinski definition) is 2. The number of aryl methyl sites for hydroxylation is 1. The third-order valence-corrected chi connectivity index (χ3v) is 6.68. The molecule has 0 spiro atoms. The smallest absolute Gasteiger partial charge is 0.382 e. The van der Waals surface area contributed by atoms with Gasteiger partial charge in [-0.3, -0.25) is 14.6 Å². The van der Waals surface area contributed by atoms with Crippen LogP contribution in [0.4, 0.5) is 24.7 Å². The van der Waals surface area contributed by atoms with Gasteiger partial charge < -0.3 is 11.1 Å². The molecule has 0 unspecified atom stereocenters. The second-order valence-corrected chi connectivity index (χ2v) is 8.82. The lowest BCUT2D eigenvalue weighted by Crippen LogP contribution is -2.20. The Kier molecular flexibility index (Phi) is 6.90. The van der Waals surface area contributed by atoms with Crippen LogP contribution in [0.25, 0.3) is 16.3 Å². The number of benzene rings is 2. The molecule has 0 bridgehead atoms. The number of ketones is 1. The first kappa shape index (κ1) is 25.7. The lowest BCUT2D eigenvalue weighted by Gasteiger charge is -2.17. The number of nitrogen functional groups attached to an aromatic ring is 1. The summed E-state index contributed by atoms with van der Waals surface area (Å²) in [6, 6.07) is 7.26. The minimum Gasteiger partial charge on any atom is -0.382 e. The topological polar surface area (TPSA) is 110 Å². The first-order chi connectivity index (χ1) is 17.6. The van der Waals surface area contributed by atoms with Gasteiger partial charge in [0.05, 0.1) is 27.0 Å². The van der Waals surface area contributed by atoms with Crippen molar-refractivity contribution in [1.29, 1.82) is 0 Å². The first-order valence-corrected chi connectivity index (χ1v) is 11.7. The van der Waals surface area contributed by atoms with Gasteiger partial charge in [0.25, 0.3) is 5.91 Å². The van der Waals surface area contributed by atoms with E-state index >= 15 is 0 Å². The molecule has 188 valence electrons. The van der Waals surface area contributed by atoms with Crippen LogP contribution in [0.3, 0.4) is 0 Å². The third-order valence-electron chi connectivity index (χ3n) is 5.69. The highest BCUT2D eigenvalue weighted by atomic mass is 32.1. The van der Waals surface area contributed by atoms with Gasteiger partial charge in [-0.25, -0.2) is 9.97 Å². The quantitative estimate of drug-likeness (QED) is 0.245. The summed E-state index contributed by atoms with van der Waals surface area (Å²) in [4.78, 5) is 38.7. The number of anilines is 2. The van der Waals surface area contributed by atoms with Gasteiger partial charge in [0, 0.05) is 29.1 Å². The third kappa shape index (κ3) is 4.85. The van der Waals surface area contributed by atoms with Crippen LogP contribution in [-0.4, -0.2) is 34.4 Å². The molecular weight excluding hydrogens is 503 g/mol. The maximum absolute atomic E-state index is 13.2. The number of Topliss-reactive ketones (excluding diaryl/α,β-unsaturated/α-hetero) is 1. The van der Waals surface area contributed by atoms with E-state index in [0.717, 1.165) is 24.3 Å². The van der Waals surface area contributed by atoms with Gasteiger partial charge in [-0.05, 0) is 24.6 Å². The second kappa shape index (κ2) is 9.94. The standard InChI is InChI=1S/C26H20F3N5O2S/c1-4-16-17(20(31-3)22(35)14-6-8-15(9-7-14)26(27,28)29)10-5-13(2)19(16)34-25(36)18-11-37-23-21(18)32-12-33-24(23)30/h4-12H,1H2,2-3H3,(H,34,36)(H2,30,32,33)/b31-20+. The van der Waals surface area contributed by atoms with Gasteiger partial charge >= 0.3 is 6.18 Å². The molecule has 2 heterocycles. The van der Waals surface area contributed by atoms with Gasteiger partial charge in [-0.15, -0.1) is 11.3 Å². The van der Waals surface area contributed by atoms with Gasteiger partial charge in [-0.1, -0.05) is 36.9 Å². The Morgan fingerprint density at radius 2 is 1.81 bits per heavy atom. The molecule has 0 fully saturated rings. The average molecular weight is 524 g/mol. The summed E-state index contributed by atoms with van der Waals surface area (Å²) in [6.45, 7) is 5.61. The number of fused-ring (bicyclic) bond motifs is 1. The minimum atomic E-state index is -4.52. The summed E-state index contributed by atoms with van der Waals surface area (Å²) < 4.78 is 39.4. The van der Waals surface area contributed by atoms with E-state index in [-0.39, 0.29) is 17.1 Å². The van der Waals surface area contributed by atoms with E-state index < -0.39 is 23.4 Å². The van der Waals surface area contributed by atoms with Crippen molar-refractivity contribution in [2.24, 2.45) is 4.99 Å². The summed E-state index contributed by atoms with van der Waals surface area (Å²) in [6.07, 6.45) is -1.76. The summed E-state index contributed by atoms with van der Waals surface area (Å²) in [5, 5.41) is 4.50. The van der Waals surface area contributed by atoms with E-state index in [2.05, 4.69) is 26.9 Å². The molecule has 11 heteroatoms. The van der Waals surface area contributed by atoms with Gasteiger partial charge in [-0.2, -0.15) is 13.2 Å². The van der Waals surface area contributed by atoms with E-state index in [4.69, 9.17) is 5.73 Å². The van der Waals surface area contributed by atoms with Gasteiger partial charge in [0.2, 0.25) is 5.78 Å². The largest absolute Gasteiger partial charge is 0.416 e. The lowest BCUT2D eigenvalue weighted by molar-refractivity contribution is -0.137. The number of nitrogens with one attached hydrogen (secondary N) is 1. The Balaban J connectivity index is 1.72. The molecule has 0 aliphatic carbocycles. The van der Waals surface area contributed by atoms with Crippen LogP contribution in [0, 0.1) is 6.92 Å². The number of carbonyl (C=O) groups is 2. The summed E-state index contributed by atoms with van der Waals surface area (Å²) in [7, 11) is 1.41. The lowest BCUT2D eigenvalue weighted by atomic mass is 9.93. The number of aromatic nitrogens is 2. The fraction of sp³-hybridized carbons (Fsp3) is 0.115. The molecule has 0 aliphatic rings. The van der Waals surface area contributed by atoms with Crippen molar-refractivity contribution in [3.05, 3.63) is 88.1 Å². The normalized spacial score (nSPS) is 12.0. The summed E-state index contributed by atoms with van der Waals surface area (Å²) in [5.41, 5.74) is 7.68. The van der Waals surface area contributed by atoms with Crippen molar-refractivity contribution in [2.45, 2.75) is 13.1 Å². The zero-order chi connectivity index (χ0) is 26.9. The highest BCUT2D eigenvalue weighted by molar-refractivity contribution is 7.18. The van der Waals surface area contributed by atoms with Crippen LogP contribution < -0.4 is 11.1 Å². The molecule has 0 saturated carbocycles. The van der Waals surface area contributed by atoms with Crippen molar-refractivity contribution in [2.75, 3.05) is 18.1 Å². The Hall–Kier alpha value is -4.38. The number of hydrogen-bond acceptors (Lipinski definition) is 7. The van der Waals surface area contributed by atoms with Gasteiger partial charge in [0.15, 0.2) is 0 Å². The molecule has 37 heavy (non-hydrogen) atoms. The van der Waals surface area contributed by atoms with Crippen LogP contribution in [0.1, 0.15) is 43.0 Å². The molecule has 0 radical (unpaired) electrons. The molecule has 1 amide bonds. The van der Waals surface area contributed by atoms with E-state index in [0.29, 0.717) is 38.2 Å². The molecule has 2 aromatic heterocycles. The Morgan fingerprint density at radius 3 is 2.43 bits per heavy atom. The number of carbonyl (C=O) groups excluding carboxylic acids is 2. The number of thiophene rings is 1. The molecule has 3 N–H and O–H groups in total. The monoisotopic (exact) mass is 523 g/mol. The maximum atomic E-state index is 13.2. The molecule has 4 aromatic rings. The molecule has 0 atom stereocenters. The van der Waals surface area contributed by atoms with Crippen LogP contribution in [-0.2, 0) is 6.18 Å². The molecule has 7 nitrogen and oxygen atoms in total. The predicted octanol–water partition coefficient (Wildman–Crippen LogP) is 5.80. The Morgan fingerprint density at radius 1 is 1.11 bits per heavy atom. The van der Waals surface area contributed by atoms with Crippen molar-refractivity contribution >= 4 is 56.5 Å². The Labute approximate surface area is 213 Å². The SMILES string of the molecule is C=Cc1c(/C(=N\C)C(=O)c2ccc(C(F)(F)F)cc2)ccc(C)c1NC(=O)c1csc2c(N)ncnc12. The number of nitrogens with two attached hydrogens (primary N) is 1. The van der Waals surface area contributed by atoms with Crippen molar-refractivity contribution in [1.82, 2.24) is 9.97 Å². The number of alkyl halides is 3. The van der Waals surface area contributed by atoms with E-state index in [9.17, 15) is 22.8 Å². The minimum absolute atomic E-state index is 0.00616. The van der Waals surface area contributed by atoms with Crippen LogP contribution >= 0.6 is 11.3 Å². The van der Waals surface area contributed by atoms with Crippen molar-refractivity contribution in [3.8, 4) is 0 Å². The van der Waals surface area contributed by atoms with Crippen LogP contribution in [0.5, 0.6) is 0 Å². The first-order valence-electron chi connectivity index (χ1n) is 10.8. The Bertz CT molecular complexity index is 1570. The summed E-state index contributed by atoms with van der Waals surface area (Å²) >= 11 is 1.24. The summed E-state index contributed by atoms with van der Waals surface area (Å²) in [5.74, 6) is -0.752. The van der Waals surface area contributed by atoms with Crippen molar-refractivity contribution < 1.29 is 22.8 Å². The number of nitrogens with zero attached hydrogens (tertiary/aromatic N) is 3. The fourth-order valence-electron chi connectivity index (χ4n) is 3.82. The predicted molar refractivity (Wildman–Crippen MR) is 139 cm³/mol.